The molecule has 0 saturated carbocycles. The molecule has 2 aromatic heterocycles. The van der Waals surface area contributed by atoms with Crippen LogP contribution in [0.3, 0.4) is 0 Å². The summed E-state index contributed by atoms with van der Waals surface area (Å²) in [5.41, 5.74) is 4.11. The lowest BCUT2D eigenvalue weighted by atomic mass is 9.98. The molecule has 0 fully saturated rings. The van der Waals surface area contributed by atoms with Gasteiger partial charge in [-0.25, -0.2) is 13.4 Å². The van der Waals surface area contributed by atoms with E-state index >= 15 is 0 Å². The van der Waals surface area contributed by atoms with E-state index in [9.17, 15) is 21.6 Å². The maximum Gasteiger partial charge on any atom is 0.416 e. The zero-order valence-corrected chi connectivity index (χ0v) is 24.1. The first-order valence-electron chi connectivity index (χ1n) is 12.1. The van der Waals surface area contributed by atoms with Crippen molar-refractivity contribution in [3.63, 3.8) is 0 Å². The summed E-state index contributed by atoms with van der Waals surface area (Å²) < 4.78 is 69.5. The summed E-state index contributed by atoms with van der Waals surface area (Å²) in [6.07, 6.45) is -1.99. The summed E-state index contributed by atoms with van der Waals surface area (Å²) in [5.74, 6) is 0.759. The number of anilines is 2. The van der Waals surface area contributed by atoms with Crippen LogP contribution in [0.25, 0.3) is 22.5 Å². The summed E-state index contributed by atoms with van der Waals surface area (Å²) >= 11 is 1.27. The molecule has 42 heavy (non-hydrogen) atoms. The third-order valence-corrected chi connectivity index (χ3v) is 8.12. The lowest BCUT2D eigenvalue weighted by Gasteiger charge is -2.19. The predicted molar refractivity (Wildman–Crippen MR) is 153 cm³/mol. The topological polar surface area (TPSA) is 140 Å². The molecule has 0 saturated heterocycles. The number of pyridine rings is 2. The average Bonchev–Trinajstić information content (AvgIpc) is 3.61. The number of alkyl halides is 3. The van der Waals surface area contributed by atoms with E-state index in [0.717, 1.165) is 46.4 Å². The van der Waals surface area contributed by atoms with Crippen LogP contribution in [-0.4, -0.2) is 44.7 Å². The molecule has 3 aliphatic heterocycles. The van der Waals surface area contributed by atoms with Gasteiger partial charge in [-0.1, -0.05) is 17.4 Å². The van der Waals surface area contributed by atoms with Crippen molar-refractivity contribution in [3.8, 4) is 22.5 Å². The van der Waals surface area contributed by atoms with Gasteiger partial charge in [-0.05, 0) is 48.4 Å². The highest BCUT2D eigenvalue weighted by Gasteiger charge is 2.31. The highest BCUT2D eigenvalue weighted by Crippen LogP contribution is 2.39. The van der Waals surface area contributed by atoms with Crippen LogP contribution in [-0.2, 0) is 28.5 Å². The Balaban J connectivity index is 0.00000353. The lowest BCUT2D eigenvalue weighted by Crippen LogP contribution is -2.17. The molecule has 0 atom stereocenters. The molecule has 3 aliphatic rings. The van der Waals surface area contributed by atoms with Crippen molar-refractivity contribution in [3.05, 3.63) is 76.7 Å². The van der Waals surface area contributed by atoms with E-state index in [1.807, 2.05) is 17.6 Å². The van der Waals surface area contributed by atoms with Gasteiger partial charge in [0.1, 0.15) is 22.9 Å². The number of hydrogen-bond acceptors (Lipinski definition) is 10. The third-order valence-electron chi connectivity index (χ3n) is 6.32. The maximum atomic E-state index is 13.1. The van der Waals surface area contributed by atoms with E-state index in [2.05, 4.69) is 40.2 Å². The number of rotatable bonds is 6. The Morgan fingerprint density at radius 2 is 1.98 bits per heavy atom. The van der Waals surface area contributed by atoms with Crippen molar-refractivity contribution >= 4 is 50.4 Å². The fraction of sp³-hybridized carbons (Fsp3) is 0.200. The van der Waals surface area contributed by atoms with Crippen molar-refractivity contribution in [2.24, 2.45) is 4.99 Å². The van der Waals surface area contributed by atoms with Crippen LogP contribution in [0.5, 0.6) is 0 Å². The first-order valence-corrected chi connectivity index (χ1v) is 14.7. The molecule has 11 nitrogen and oxygen atoms in total. The number of hydrogen-bond donors (Lipinski definition) is 2. The van der Waals surface area contributed by atoms with Crippen molar-refractivity contribution in [2.75, 3.05) is 16.6 Å². The Bertz CT molecular complexity index is 1910. The van der Waals surface area contributed by atoms with Crippen molar-refractivity contribution < 1.29 is 21.6 Å². The van der Waals surface area contributed by atoms with Crippen molar-refractivity contribution in [2.45, 2.75) is 25.4 Å². The van der Waals surface area contributed by atoms with E-state index < -0.39 is 27.5 Å². The molecule has 17 heteroatoms. The highest BCUT2D eigenvalue weighted by atomic mass is 35.5. The van der Waals surface area contributed by atoms with Gasteiger partial charge in [0.25, 0.3) is 5.62 Å². The summed E-state index contributed by atoms with van der Waals surface area (Å²) in [4.78, 5) is 17.1. The van der Waals surface area contributed by atoms with Crippen molar-refractivity contribution in [1.82, 2.24) is 29.7 Å². The van der Waals surface area contributed by atoms with Gasteiger partial charge in [-0.3, -0.25) is 9.71 Å². The minimum Gasteiger partial charge on any atom is -0.369 e. The van der Waals surface area contributed by atoms with Crippen LogP contribution >= 0.6 is 23.7 Å². The second-order valence-electron chi connectivity index (χ2n) is 9.19. The summed E-state index contributed by atoms with van der Waals surface area (Å²) in [5, 5.41) is 11.5. The molecule has 5 heterocycles. The Labute approximate surface area is 247 Å². The minimum absolute atomic E-state index is 0. The van der Waals surface area contributed by atoms with Gasteiger partial charge in [0.15, 0.2) is 0 Å². The third kappa shape index (κ3) is 6.05. The minimum atomic E-state index is -4.60. The molecule has 0 spiro atoms. The summed E-state index contributed by atoms with van der Waals surface area (Å²) in [6.45, 7) is 3.20. The largest absolute Gasteiger partial charge is 0.416 e. The number of fused-ring (bicyclic) bond motifs is 3. The predicted octanol–water partition coefficient (Wildman–Crippen LogP) is 4.65. The molecule has 3 aromatic rings. The van der Waals surface area contributed by atoms with Gasteiger partial charge >= 0.3 is 6.18 Å². The van der Waals surface area contributed by atoms with Crippen molar-refractivity contribution in [1.29, 1.82) is 0 Å². The number of aryl methyl sites for hydroxylation is 1. The molecular weight excluding hydrogens is 615 g/mol. The van der Waals surface area contributed by atoms with E-state index in [0.29, 0.717) is 24.0 Å². The molecular formula is C25H21ClF3N9O2S2. The number of sulfonamides is 1. The standard InChI is InChI=1S/C25H20F3N9O2S2.ClH/c1-14-2-3-17(36-41(38,39)12-18-9-16(4-5-29-18)25(26,27)28)10-19(14)20-8-15-11-31-23(34-24-35-32-13-40-24)33-21(15)37-7-6-30-22(20)37;/h2-5,8-11,13,30,36H,6-7,12H2,1H3;1H/b34-23+;. The Kier molecular flexibility index (Phi) is 7.87. The van der Waals surface area contributed by atoms with Gasteiger partial charge in [0.05, 0.1) is 11.3 Å². The fourth-order valence-corrected chi connectivity index (χ4v) is 6.06. The van der Waals surface area contributed by atoms with Crippen LogP contribution in [0.4, 0.5) is 29.8 Å². The van der Waals surface area contributed by atoms with Gasteiger partial charge in [-0.2, -0.15) is 23.1 Å². The van der Waals surface area contributed by atoms with Gasteiger partial charge in [0, 0.05) is 42.3 Å². The SMILES string of the molecule is Cc1ccc(NS(=O)(=O)Cc2cc(C(F)(F)F)ccn2)cc1-c1cc2cn/c(=N\c3nncs3)nc-2n2c1NCC2.Cl. The number of nitrogens with zero attached hydrogens (tertiary/aromatic N) is 7. The summed E-state index contributed by atoms with van der Waals surface area (Å²) in [7, 11) is -4.07. The number of nitrogens with one attached hydrogen (secondary N) is 2. The first-order chi connectivity index (χ1) is 19.6. The Morgan fingerprint density at radius 3 is 2.74 bits per heavy atom. The van der Waals surface area contributed by atoms with Crippen LogP contribution in [0.2, 0.25) is 0 Å². The molecule has 0 bridgehead atoms. The average molecular weight is 636 g/mol. The van der Waals surface area contributed by atoms with Gasteiger partial charge < -0.3 is 9.88 Å². The molecule has 0 radical (unpaired) electrons. The van der Waals surface area contributed by atoms with Gasteiger partial charge in [-0.15, -0.1) is 22.6 Å². The Hall–Kier alpha value is -4.15. The number of benzene rings is 1. The molecule has 0 unspecified atom stereocenters. The first kappa shape index (κ1) is 29.3. The molecule has 218 valence electrons. The normalized spacial score (nSPS) is 13.5. The van der Waals surface area contributed by atoms with Crippen LogP contribution in [0, 0.1) is 6.92 Å². The second kappa shape index (κ2) is 11.3. The van der Waals surface area contributed by atoms with E-state index in [4.69, 9.17) is 0 Å². The summed E-state index contributed by atoms with van der Waals surface area (Å²) in [6, 6.07) is 8.50. The monoisotopic (exact) mass is 635 g/mol. The molecule has 6 rings (SSSR count). The van der Waals surface area contributed by atoms with Gasteiger partial charge in [0.2, 0.25) is 15.2 Å². The zero-order valence-electron chi connectivity index (χ0n) is 21.6. The smallest absolute Gasteiger partial charge is 0.369 e. The zero-order chi connectivity index (χ0) is 28.8. The molecule has 0 aliphatic carbocycles. The fourth-order valence-electron chi connectivity index (χ4n) is 4.54. The molecule has 1 aromatic carbocycles. The number of halogens is 4. The van der Waals surface area contributed by atoms with Crippen LogP contribution in [0.1, 0.15) is 16.8 Å². The highest BCUT2D eigenvalue weighted by molar-refractivity contribution is 7.91. The van der Waals surface area contributed by atoms with E-state index in [-0.39, 0.29) is 29.4 Å². The molecule has 0 amide bonds. The van der Waals surface area contributed by atoms with E-state index in [1.54, 1.807) is 29.9 Å². The van der Waals surface area contributed by atoms with Crippen LogP contribution in [0.15, 0.2) is 59.3 Å². The maximum absolute atomic E-state index is 13.1. The quantitative estimate of drug-likeness (QED) is 0.275. The lowest BCUT2D eigenvalue weighted by molar-refractivity contribution is -0.137. The molecule has 2 N–H and O–H groups in total. The number of aromatic nitrogens is 6. The van der Waals surface area contributed by atoms with Crippen LogP contribution < -0.4 is 15.7 Å². The second-order valence-corrected chi connectivity index (χ2v) is 11.7. The van der Waals surface area contributed by atoms with E-state index in [1.165, 1.54) is 11.3 Å². The Morgan fingerprint density at radius 1 is 1.14 bits per heavy atom.